The predicted octanol–water partition coefficient (Wildman–Crippen LogP) is 5.05. The number of hydrogen-bond acceptors (Lipinski definition) is 3. The lowest BCUT2D eigenvalue weighted by molar-refractivity contribution is -0.117. The quantitative estimate of drug-likeness (QED) is 0.630. The maximum Gasteiger partial charge on any atom is 0.232 e. The van der Waals surface area contributed by atoms with E-state index in [1.807, 2.05) is 36.4 Å². The van der Waals surface area contributed by atoms with Crippen LogP contribution in [0.5, 0.6) is 0 Å². The van der Waals surface area contributed by atoms with Crippen molar-refractivity contribution in [3.63, 3.8) is 0 Å². The van der Waals surface area contributed by atoms with E-state index >= 15 is 0 Å². The number of carbonyl (C=O) groups is 1. The first-order chi connectivity index (χ1) is 14.6. The SMILES string of the molecule is CN(C)CCCN1c2ccccc2C[C@@H](C(=O)Nc2ccccc2)c2ccccc21. The van der Waals surface area contributed by atoms with Crippen LogP contribution in [0.4, 0.5) is 17.1 Å². The molecule has 1 aliphatic rings. The van der Waals surface area contributed by atoms with Crippen LogP contribution in [0.25, 0.3) is 0 Å². The minimum Gasteiger partial charge on any atom is -0.341 e. The summed E-state index contributed by atoms with van der Waals surface area (Å²) in [7, 11) is 4.21. The fraction of sp³-hybridized carbons (Fsp3) is 0.269. The highest BCUT2D eigenvalue weighted by Gasteiger charge is 2.30. The summed E-state index contributed by atoms with van der Waals surface area (Å²) in [5, 5.41) is 3.12. The number of nitrogens with zero attached hydrogens (tertiary/aromatic N) is 2. The third-order valence-corrected chi connectivity index (χ3v) is 5.65. The van der Waals surface area contributed by atoms with Crippen molar-refractivity contribution in [1.29, 1.82) is 0 Å². The zero-order valence-electron chi connectivity index (χ0n) is 17.7. The summed E-state index contributed by atoms with van der Waals surface area (Å²) in [6.07, 6.45) is 1.74. The molecule has 4 nitrogen and oxygen atoms in total. The molecule has 4 heteroatoms. The van der Waals surface area contributed by atoms with Gasteiger partial charge in [0.1, 0.15) is 0 Å². The molecular formula is C26H29N3O. The monoisotopic (exact) mass is 399 g/mol. The minimum absolute atomic E-state index is 0.0404. The first-order valence-corrected chi connectivity index (χ1v) is 10.6. The number of nitrogens with one attached hydrogen (secondary N) is 1. The minimum atomic E-state index is -0.235. The highest BCUT2D eigenvalue weighted by atomic mass is 16.1. The van der Waals surface area contributed by atoms with E-state index in [2.05, 4.69) is 71.7 Å². The molecule has 0 saturated heterocycles. The highest BCUT2D eigenvalue weighted by Crippen LogP contribution is 2.41. The number of fused-ring (bicyclic) bond motifs is 2. The summed E-state index contributed by atoms with van der Waals surface area (Å²) in [5.41, 5.74) is 5.48. The van der Waals surface area contributed by atoms with Crippen molar-refractivity contribution in [2.45, 2.75) is 18.8 Å². The third kappa shape index (κ3) is 4.39. The largest absolute Gasteiger partial charge is 0.341 e. The van der Waals surface area contributed by atoms with Gasteiger partial charge >= 0.3 is 0 Å². The Balaban J connectivity index is 1.71. The standard InChI is InChI=1S/C26H29N3O/c1-28(2)17-10-18-29-24-15-8-6-11-20(24)19-23(22-14-7-9-16-25(22)29)26(30)27-21-12-4-3-5-13-21/h3-9,11-16,23H,10,17-19H2,1-2H3,(H,27,30)/t23-/m1/s1. The molecule has 1 N–H and O–H groups in total. The second kappa shape index (κ2) is 9.14. The van der Waals surface area contributed by atoms with Crippen LogP contribution in [0.1, 0.15) is 23.5 Å². The van der Waals surface area contributed by atoms with E-state index in [-0.39, 0.29) is 11.8 Å². The van der Waals surface area contributed by atoms with E-state index in [0.717, 1.165) is 36.4 Å². The van der Waals surface area contributed by atoms with E-state index < -0.39 is 0 Å². The van der Waals surface area contributed by atoms with Gasteiger partial charge in [-0.2, -0.15) is 0 Å². The van der Waals surface area contributed by atoms with Gasteiger partial charge in [0.2, 0.25) is 5.91 Å². The average Bonchev–Trinajstić information content (AvgIpc) is 2.89. The Morgan fingerprint density at radius 2 is 1.60 bits per heavy atom. The molecule has 1 heterocycles. The van der Waals surface area contributed by atoms with Crippen molar-refractivity contribution in [3.05, 3.63) is 90.0 Å². The number of anilines is 3. The van der Waals surface area contributed by atoms with Gasteiger partial charge in [0, 0.05) is 23.6 Å². The van der Waals surface area contributed by atoms with Crippen molar-refractivity contribution in [3.8, 4) is 0 Å². The molecule has 0 bridgehead atoms. The van der Waals surface area contributed by atoms with Crippen molar-refractivity contribution in [1.82, 2.24) is 4.90 Å². The summed E-state index contributed by atoms with van der Waals surface area (Å²) in [6.45, 7) is 1.94. The number of hydrogen-bond donors (Lipinski definition) is 1. The predicted molar refractivity (Wildman–Crippen MR) is 125 cm³/mol. The summed E-state index contributed by atoms with van der Waals surface area (Å²) in [6, 6.07) is 26.6. The maximum atomic E-state index is 13.4. The van der Waals surface area contributed by atoms with Crippen molar-refractivity contribution < 1.29 is 4.79 Å². The van der Waals surface area contributed by atoms with E-state index in [4.69, 9.17) is 0 Å². The summed E-state index contributed by atoms with van der Waals surface area (Å²) in [5.74, 6) is -0.194. The molecule has 0 unspecified atom stereocenters. The summed E-state index contributed by atoms with van der Waals surface area (Å²) >= 11 is 0. The molecule has 0 radical (unpaired) electrons. The molecular weight excluding hydrogens is 370 g/mol. The number of rotatable bonds is 6. The molecule has 1 aliphatic heterocycles. The van der Waals surface area contributed by atoms with E-state index in [0.29, 0.717) is 6.42 Å². The molecule has 0 spiro atoms. The Labute approximate surface area is 179 Å². The van der Waals surface area contributed by atoms with Crippen LogP contribution >= 0.6 is 0 Å². The second-order valence-corrected chi connectivity index (χ2v) is 8.11. The second-order valence-electron chi connectivity index (χ2n) is 8.11. The Morgan fingerprint density at radius 3 is 2.37 bits per heavy atom. The highest BCUT2D eigenvalue weighted by molar-refractivity contribution is 5.98. The van der Waals surface area contributed by atoms with Crippen LogP contribution in [0.3, 0.4) is 0 Å². The Hall–Kier alpha value is -3.11. The number of amides is 1. The third-order valence-electron chi connectivity index (χ3n) is 5.65. The van der Waals surface area contributed by atoms with Crippen LogP contribution in [-0.2, 0) is 11.2 Å². The lowest BCUT2D eigenvalue weighted by atomic mass is 9.91. The van der Waals surface area contributed by atoms with Crippen LogP contribution in [0, 0.1) is 0 Å². The molecule has 1 atom stereocenters. The van der Waals surface area contributed by atoms with Gasteiger partial charge in [-0.1, -0.05) is 54.6 Å². The zero-order chi connectivity index (χ0) is 20.9. The fourth-order valence-corrected chi connectivity index (χ4v) is 4.21. The van der Waals surface area contributed by atoms with Crippen molar-refractivity contribution >= 4 is 23.0 Å². The molecule has 30 heavy (non-hydrogen) atoms. The smallest absolute Gasteiger partial charge is 0.232 e. The molecule has 0 aromatic heterocycles. The molecule has 1 amide bonds. The van der Waals surface area contributed by atoms with Crippen molar-refractivity contribution in [2.24, 2.45) is 0 Å². The number of benzene rings is 3. The molecule has 0 aliphatic carbocycles. The molecule has 0 fully saturated rings. The lowest BCUT2D eigenvalue weighted by Crippen LogP contribution is -2.25. The Bertz CT molecular complexity index is 1000. The van der Waals surface area contributed by atoms with Gasteiger partial charge in [0.25, 0.3) is 0 Å². The van der Waals surface area contributed by atoms with E-state index in [1.54, 1.807) is 0 Å². The van der Waals surface area contributed by atoms with E-state index in [1.165, 1.54) is 11.3 Å². The number of carbonyl (C=O) groups excluding carboxylic acids is 1. The van der Waals surface area contributed by atoms with Gasteiger partial charge in [-0.15, -0.1) is 0 Å². The van der Waals surface area contributed by atoms with E-state index in [9.17, 15) is 4.79 Å². The molecule has 0 saturated carbocycles. The topological polar surface area (TPSA) is 35.6 Å². The first kappa shape index (κ1) is 20.2. The van der Waals surface area contributed by atoms with Gasteiger partial charge in [0.15, 0.2) is 0 Å². The van der Waals surface area contributed by atoms with Crippen LogP contribution in [0.15, 0.2) is 78.9 Å². The zero-order valence-corrected chi connectivity index (χ0v) is 17.7. The molecule has 3 aromatic carbocycles. The van der Waals surface area contributed by atoms with Gasteiger partial charge in [-0.05, 0) is 68.9 Å². The fourth-order valence-electron chi connectivity index (χ4n) is 4.21. The average molecular weight is 400 g/mol. The van der Waals surface area contributed by atoms with Gasteiger partial charge in [-0.3, -0.25) is 4.79 Å². The van der Waals surface area contributed by atoms with Gasteiger partial charge in [-0.25, -0.2) is 0 Å². The molecule has 4 rings (SSSR count). The number of para-hydroxylation sites is 3. The first-order valence-electron chi connectivity index (χ1n) is 10.6. The van der Waals surface area contributed by atoms with Crippen LogP contribution < -0.4 is 10.2 Å². The molecule has 154 valence electrons. The van der Waals surface area contributed by atoms with Crippen LogP contribution in [-0.4, -0.2) is 38.0 Å². The maximum absolute atomic E-state index is 13.4. The summed E-state index contributed by atoms with van der Waals surface area (Å²) < 4.78 is 0. The Kier molecular flexibility index (Phi) is 6.15. The normalized spacial score (nSPS) is 15.3. The van der Waals surface area contributed by atoms with Gasteiger partial charge in [0.05, 0.1) is 5.92 Å². The van der Waals surface area contributed by atoms with Crippen molar-refractivity contribution in [2.75, 3.05) is 37.4 Å². The molecule has 3 aromatic rings. The summed E-state index contributed by atoms with van der Waals surface area (Å²) in [4.78, 5) is 18.0. The van der Waals surface area contributed by atoms with Gasteiger partial charge < -0.3 is 15.1 Å². The lowest BCUT2D eigenvalue weighted by Gasteiger charge is -2.28. The Morgan fingerprint density at radius 1 is 0.933 bits per heavy atom. The van der Waals surface area contributed by atoms with Crippen LogP contribution in [0.2, 0.25) is 0 Å².